The molecule has 0 aromatic rings. The van der Waals surface area contributed by atoms with Gasteiger partial charge in [-0.2, -0.15) is 0 Å². The summed E-state index contributed by atoms with van der Waals surface area (Å²) in [5, 5.41) is 0. The van der Waals surface area contributed by atoms with Crippen molar-refractivity contribution in [2.24, 2.45) is 0 Å². The molecule has 1 heterocycles. The van der Waals surface area contributed by atoms with Crippen LogP contribution in [-0.4, -0.2) is 54.3 Å². The normalized spacial score (nSPS) is 23.5. The molecule has 0 unspecified atom stereocenters. The Bertz CT molecular complexity index is 186. The minimum atomic E-state index is 0.0597. The standard InChI is InChI=1S/C9H17ClN2O/c1-3-12(9(13)6-10)8-4-5-11(2)7-8/h8H,3-7H2,1-2H3/t8-/m1/s1. The molecule has 0 bridgehead atoms. The van der Waals surface area contributed by atoms with Gasteiger partial charge in [-0.1, -0.05) is 0 Å². The van der Waals surface area contributed by atoms with Crippen LogP contribution >= 0.6 is 11.6 Å². The van der Waals surface area contributed by atoms with Crippen LogP contribution in [-0.2, 0) is 4.79 Å². The monoisotopic (exact) mass is 204 g/mol. The molecule has 1 rings (SSSR count). The minimum absolute atomic E-state index is 0.0597. The zero-order valence-corrected chi connectivity index (χ0v) is 9.05. The van der Waals surface area contributed by atoms with Crippen LogP contribution in [0.15, 0.2) is 0 Å². The number of carbonyl (C=O) groups excluding carboxylic acids is 1. The number of likely N-dealkylation sites (N-methyl/N-ethyl adjacent to an activating group) is 2. The lowest BCUT2D eigenvalue weighted by Crippen LogP contribution is -2.42. The van der Waals surface area contributed by atoms with Gasteiger partial charge in [0.05, 0.1) is 0 Å². The molecule has 0 saturated carbocycles. The van der Waals surface area contributed by atoms with Crippen LogP contribution in [0.5, 0.6) is 0 Å². The second kappa shape index (κ2) is 4.82. The van der Waals surface area contributed by atoms with Crippen molar-refractivity contribution in [3.8, 4) is 0 Å². The maximum atomic E-state index is 11.4. The van der Waals surface area contributed by atoms with Crippen LogP contribution < -0.4 is 0 Å². The summed E-state index contributed by atoms with van der Waals surface area (Å²) in [6.45, 7) is 4.83. The number of carbonyl (C=O) groups is 1. The van der Waals surface area contributed by atoms with E-state index in [4.69, 9.17) is 11.6 Å². The second-order valence-electron chi connectivity index (χ2n) is 3.52. The number of halogens is 1. The van der Waals surface area contributed by atoms with Crippen molar-refractivity contribution in [1.29, 1.82) is 0 Å². The molecule has 0 aromatic heterocycles. The van der Waals surface area contributed by atoms with Gasteiger partial charge in [0.15, 0.2) is 0 Å². The SMILES string of the molecule is CCN(C(=O)CCl)[C@@H]1CCN(C)C1. The fraction of sp³-hybridized carbons (Fsp3) is 0.889. The lowest BCUT2D eigenvalue weighted by atomic mass is 10.2. The molecule has 0 N–H and O–H groups in total. The van der Waals surface area contributed by atoms with E-state index in [2.05, 4.69) is 11.9 Å². The Morgan fingerprint density at radius 1 is 1.69 bits per heavy atom. The number of rotatable bonds is 3. The zero-order chi connectivity index (χ0) is 9.84. The summed E-state index contributed by atoms with van der Waals surface area (Å²) in [5.74, 6) is 0.165. The Hall–Kier alpha value is -0.280. The van der Waals surface area contributed by atoms with Gasteiger partial charge in [-0.05, 0) is 26.9 Å². The number of likely N-dealkylation sites (tertiary alicyclic amines) is 1. The highest BCUT2D eigenvalue weighted by Gasteiger charge is 2.27. The van der Waals surface area contributed by atoms with Crippen molar-refractivity contribution in [1.82, 2.24) is 9.80 Å². The Labute approximate surface area is 84.6 Å². The molecule has 1 atom stereocenters. The van der Waals surface area contributed by atoms with E-state index in [0.29, 0.717) is 6.04 Å². The highest BCUT2D eigenvalue weighted by Crippen LogP contribution is 2.14. The second-order valence-corrected chi connectivity index (χ2v) is 3.79. The molecule has 1 aliphatic heterocycles. The van der Waals surface area contributed by atoms with Crippen molar-refractivity contribution in [2.75, 3.05) is 32.6 Å². The Morgan fingerprint density at radius 2 is 2.38 bits per heavy atom. The summed E-state index contributed by atoms with van der Waals surface area (Å²) in [7, 11) is 2.08. The maximum Gasteiger partial charge on any atom is 0.237 e. The summed E-state index contributed by atoms with van der Waals surface area (Å²) in [6.07, 6.45) is 1.08. The highest BCUT2D eigenvalue weighted by molar-refractivity contribution is 6.27. The number of nitrogens with zero attached hydrogens (tertiary/aromatic N) is 2. The molecule has 13 heavy (non-hydrogen) atoms. The molecule has 1 fully saturated rings. The molecule has 4 heteroatoms. The third-order valence-corrected chi connectivity index (χ3v) is 2.81. The summed E-state index contributed by atoms with van der Waals surface area (Å²) in [5.41, 5.74) is 0. The van der Waals surface area contributed by atoms with Crippen molar-refractivity contribution in [2.45, 2.75) is 19.4 Å². The van der Waals surface area contributed by atoms with Crippen LogP contribution in [0.2, 0.25) is 0 Å². The molecule has 76 valence electrons. The largest absolute Gasteiger partial charge is 0.338 e. The minimum Gasteiger partial charge on any atom is -0.338 e. The van der Waals surface area contributed by atoms with E-state index >= 15 is 0 Å². The summed E-state index contributed by atoms with van der Waals surface area (Å²) in [4.78, 5) is 15.5. The van der Waals surface area contributed by atoms with E-state index < -0.39 is 0 Å². The van der Waals surface area contributed by atoms with E-state index in [1.165, 1.54) is 0 Å². The molecule has 1 amide bonds. The van der Waals surface area contributed by atoms with Gasteiger partial charge in [-0.25, -0.2) is 0 Å². The first kappa shape index (κ1) is 10.8. The van der Waals surface area contributed by atoms with Crippen LogP contribution in [0.25, 0.3) is 0 Å². The molecule has 3 nitrogen and oxygen atoms in total. The van der Waals surface area contributed by atoms with Crippen LogP contribution in [0, 0.1) is 0 Å². The predicted molar refractivity (Wildman–Crippen MR) is 54.0 cm³/mol. The topological polar surface area (TPSA) is 23.6 Å². The molecule has 0 radical (unpaired) electrons. The van der Waals surface area contributed by atoms with Gasteiger partial charge in [0, 0.05) is 19.1 Å². The molecule has 0 aromatic carbocycles. The van der Waals surface area contributed by atoms with Crippen LogP contribution in [0.1, 0.15) is 13.3 Å². The fourth-order valence-corrected chi connectivity index (χ4v) is 2.03. The summed E-state index contributed by atoms with van der Waals surface area (Å²) in [6, 6.07) is 0.376. The number of amides is 1. The van der Waals surface area contributed by atoms with E-state index in [1.807, 2.05) is 11.8 Å². The zero-order valence-electron chi connectivity index (χ0n) is 8.29. The van der Waals surface area contributed by atoms with E-state index in [1.54, 1.807) is 0 Å². The first-order valence-electron chi connectivity index (χ1n) is 4.73. The lowest BCUT2D eigenvalue weighted by molar-refractivity contribution is -0.130. The smallest absolute Gasteiger partial charge is 0.237 e. The average Bonchev–Trinajstić information content (AvgIpc) is 2.53. The highest BCUT2D eigenvalue weighted by atomic mass is 35.5. The lowest BCUT2D eigenvalue weighted by Gasteiger charge is -2.26. The van der Waals surface area contributed by atoms with E-state index in [0.717, 1.165) is 26.1 Å². The van der Waals surface area contributed by atoms with Crippen LogP contribution in [0.4, 0.5) is 0 Å². The first-order valence-corrected chi connectivity index (χ1v) is 5.26. The molecular formula is C9H17ClN2O. The van der Waals surface area contributed by atoms with Gasteiger partial charge in [0.25, 0.3) is 0 Å². The van der Waals surface area contributed by atoms with Gasteiger partial charge in [-0.15, -0.1) is 11.6 Å². The Kier molecular flexibility index (Phi) is 4.00. The van der Waals surface area contributed by atoms with Crippen molar-refractivity contribution >= 4 is 17.5 Å². The van der Waals surface area contributed by atoms with Crippen molar-refractivity contribution in [3.63, 3.8) is 0 Å². The number of hydrogen-bond acceptors (Lipinski definition) is 2. The van der Waals surface area contributed by atoms with Gasteiger partial charge >= 0.3 is 0 Å². The molecule has 1 aliphatic rings. The quantitative estimate of drug-likeness (QED) is 0.635. The van der Waals surface area contributed by atoms with Gasteiger partial charge < -0.3 is 9.80 Å². The summed E-state index contributed by atoms with van der Waals surface area (Å²) >= 11 is 5.54. The number of hydrogen-bond donors (Lipinski definition) is 0. The fourth-order valence-electron chi connectivity index (χ4n) is 1.88. The molecule has 1 saturated heterocycles. The van der Waals surface area contributed by atoms with E-state index in [9.17, 15) is 4.79 Å². The molecule has 0 spiro atoms. The van der Waals surface area contributed by atoms with Gasteiger partial charge in [0.2, 0.25) is 5.91 Å². The van der Waals surface area contributed by atoms with Crippen LogP contribution in [0.3, 0.4) is 0 Å². The summed E-state index contributed by atoms with van der Waals surface area (Å²) < 4.78 is 0. The first-order chi connectivity index (χ1) is 6.19. The average molecular weight is 205 g/mol. The third kappa shape index (κ3) is 2.58. The molecule has 0 aliphatic carbocycles. The van der Waals surface area contributed by atoms with E-state index in [-0.39, 0.29) is 11.8 Å². The predicted octanol–water partition coefficient (Wildman–Crippen LogP) is 0.778. The number of alkyl halides is 1. The van der Waals surface area contributed by atoms with Crippen molar-refractivity contribution in [3.05, 3.63) is 0 Å². The molecular weight excluding hydrogens is 188 g/mol. The van der Waals surface area contributed by atoms with Gasteiger partial charge in [-0.3, -0.25) is 4.79 Å². The van der Waals surface area contributed by atoms with Gasteiger partial charge in [0.1, 0.15) is 5.88 Å². The maximum absolute atomic E-state index is 11.4. The van der Waals surface area contributed by atoms with Crippen molar-refractivity contribution < 1.29 is 4.79 Å². The Balaban J connectivity index is 2.51. The Morgan fingerprint density at radius 3 is 2.77 bits per heavy atom. The third-order valence-electron chi connectivity index (χ3n) is 2.58.